The maximum absolute atomic E-state index is 11.9. The van der Waals surface area contributed by atoms with Gasteiger partial charge in [0.15, 0.2) is 0 Å². The molecule has 4 nitrogen and oxygen atoms in total. The number of rotatable bonds is 7. The first-order valence-electron chi connectivity index (χ1n) is 6.50. The van der Waals surface area contributed by atoms with Gasteiger partial charge in [-0.15, -0.1) is 0 Å². The number of nitrogens with two attached hydrogens (primary N) is 1. The molecule has 1 rings (SSSR count). The zero-order valence-corrected chi connectivity index (χ0v) is 11.9. The highest BCUT2D eigenvalue weighted by Gasteiger charge is 2.17. The minimum Gasteiger partial charge on any atom is -0.462 e. The first-order chi connectivity index (χ1) is 8.98. The van der Waals surface area contributed by atoms with Crippen LogP contribution in [0.4, 0.5) is 0 Å². The Bertz CT molecular complexity index is 416. The van der Waals surface area contributed by atoms with Crippen LogP contribution in [0, 0.1) is 0 Å². The summed E-state index contributed by atoms with van der Waals surface area (Å²) >= 11 is 0. The third-order valence-electron chi connectivity index (χ3n) is 3.09. The van der Waals surface area contributed by atoms with Gasteiger partial charge < -0.3 is 15.2 Å². The summed E-state index contributed by atoms with van der Waals surface area (Å²) in [5.74, 6) is -0.300. The Morgan fingerprint density at radius 3 is 2.74 bits per heavy atom. The Hall–Kier alpha value is -1.39. The molecule has 0 aliphatic carbocycles. The van der Waals surface area contributed by atoms with Crippen LogP contribution in [0.25, 0.3) is 0 Å². The van der Waals surface area contributed by atoms with Gasteiger partial charge >= 0.3 is 5.97 Å². The molecule has 0 bridgehead atoms. The van der Waals surface area contributed by atoms with E-state index in [4.69, 9.17) is 15.2 Å². The lowest BCUT2D eigenvalue weighted by Gasteiger charge is -2.22. The lowest BCUT2D eigenvalue weighted by Crippen LogP contribution is -2.25. The monoisotopic (exact) mass is 265 g/mol. The average Bonchev–Trinajstić information content (AvgIpc) is 2.39. The number of ether oxygens (including phenoxy) is 2. The van der Waals surface area contributed by atoms with Gasteiger partial charge in [-0.1, -0.05) is 12.1 Å². The highest BCUT2D eigenvalue weighted by Crippen LogP contribution is 2.13. The molecule has 0 unspecified atom stereocenters. The van der Waals surface area contributed by atoms with E-state index in [1.165, 1.54) is 0 Å². The third-order valence-corrected chi connectivity index (χ3v) is 3.09. The van der Waals surface area contributed by atoms with Crippen LogP contribution in [-0.2, 0) is 15.9 Å². The number of benzene rings is 1. The van der Waals surface area contributed by atoms with Crippen molar-refractivity contribution in [2.45, 2.75) is 32.3 Å². The Morgan fingerprint density at radius 1 is 1.37 bits per heavy atom. The average molecular weight is 265 g/mol. The summed E-state index contributed by atoms with van der Waals surface area (Å²) in [4.78, 5) is 11.9. The fraction of sp³-hybridized carbons (Fsp3) is 0.533. The third kappa shape index (κ3) is 5.41. The van der Waals surface area contributed by atoms with Crippen molar-refractivity contribution in [2.24, 2.45) is 5.73 Å². The lowest BCUT2D eigenvalue weighted by molar-refractivity contribution is -0.00563. The summed E-state index contributed by atoms with van der Waals surface area (Å²) < 4.78 is 10.5. The van der Waals surface area contributed by atoms with E-state index in [0.29, 0.717) is 25.1 Å². The van der Waals surface area contributed by atoms with Gasteiger partial charge in [-0.25, -0.2) is 4.79 Å². The smallest absolute Gasteiger partial charge is 0.338 e. The number of carbonyl (C=O) groups is 1. The van der Waals surface area contributed by atoms with Gasteiger partial charge in [-0.05, 0) is 44.5 Å². The maximum Gasteiger partial charge on any atom is 0.338 e. The van der Waals surface area contributed by atoms with E-state index in [0.717, 1.165) is 12.0 Å². The summed E-state index contributed by atoms with van der Waals surface area (Å²) in [5.41, 5.74) is 6.84. The second-order valence-electron chi connectivity index (χ2n) is 5.09. The van der Waals surface area contributed by atoms with Crippen molar-refractivity contribution >= 4 is 5.97 Å². The molecule has 19 heavy (non-hydrogen) atoms. The molecule has 0 saturated carbocycles. The predicted octanol–water partition coefficient (Wildman–Crippen LogP) is 2.16. The molecule has 4 heteroatoms. The summed E-state index contributed by atoms with van der Waals surface area (Å²) in [6.07, 6.45) is 1.43. The number of hydrogen-bond donors (Lipinski definition) is 1. The molecule has 0 heterocycles. The van der Waals surface area contributed by atoms with Crippen LogP contribution in [0.15, 0.2) is 24.3 Å². The van der Waals surface area contributed by atoms with Crippen molar-refractivity contribution in [1.82, 2.24) is 0 Å². The Balaban J connectivity index is 2.51. The molecule has 1 aromatic carbocycles. The number of carbonyl (C=O) groups excluding carboxylic acids is 1. The van der Waals surface area contributed by atoms with Gasteiger partial charge in [-0.2, -0.15) is 0 Å². The molecule has 0 aromatic heterocycles. The molecule has 2 N–H and O–H groups in total. The fourth-order valence-electron chi connectivity index (χ4n) is 1.60. The minimum atomic E-state index is -0.300. The van der Waals surface area contributed by atoms with Crippen molar-refractivity contribution in [2.75, 3.05) is 20.3 Å². The van der Waals surface area contributed by atoms with Crippen LogP contribution >= 0.6 is 0 Å². The van der Waals surface area contributed by atoms with Crippen LogP contribution in [-0.4, -0.2) is 31.8 Å². The molecule has 0 aliphatic rings. The van der Waals surface area contributed by atoms with Gasteiger partial charge in [-0.3, -0.25) is 0 Å². The first kappa shape index (κ1) is 15.7. The van der Waals surface area contributed by atoms with Gasteiger partial charge in [0.05, 0.1) is 17.8 Å². The zero-order chi connectivity index (χ0) is 14.3. The zero-order valence-electron chi connectivity index (χ0n) is 11.9. The maximum atomic E-state index is 11.9. The molecular weight excluding hydrogens is 242 g/mol. The molecular formula is C15H23NO3. The highest BCUT2D eigenvalue weighted by molar-refractivity contribution is 5.89. The normalized spacial score (nSPS) is 11.4. The van der Waals surface area contributed by atoms with Gasteiger partial charge in [0.1, 0.15) is 0 Å². The molecule has 106 valence electrons. The molecule has 0 fully saturated rings. The molecule has 1 aromatic rings. The topological polar surface area (TPSA) is 61.5 Å². The van der Waals surface area contributed by atoms with E-state index in [1.54, 1.807) is 13.2 Å². The Kier molecular flexibility index (Phi) is 5.99. The molecule has 0 saturated heterocycles. The van der Waals surface area contributed by atoms with Crippen LogP contribution in [0.5, 0.6) is 0 Å². The molecule has 0 radical (unpaired) electrons. The van der Waals surface area contributed by atoms with E-state index < -0.39 is 0 Å². The van der Waals surface area contributed by atoms with E-state index in [2.05, 4.69) is 0 Å². The van der Waals surface area contributed by atoms with Crippen LogP contribution < -0.4 is 5.73 Å². The second-order valence-corrected chi connectivity index (χ2v) is 5.09. The number of hydrogen-bond acceptors (Lipinski definition) is 4. The molecule has 0 aliphatic heterocycles. The van der Waals surface area contributed by atoms with Crippen molar-refractivity contribution in [3.63, 3.8) is 0 Å². The largest absolute Gasteiger partial charge is 0.462 e. The molecule has 0 amide bonds. The summed E-state index contributed by atoms with van der Waals surface area (Å²) in [7, 11) is 1.65. The second kappa shape index (κ2) is 7.26. The SMILES string of the molecule is COC(C)(C)CCOC(=O)c1cccc(CCN)c1. The van der Waals surface area contributed by atoms with Crippen LogP contribution in [0.3, 0.4) is 0 Å². The van der Waals surface area contributed by atoms with E-state index in [-0.39, 0.29) is 11.6 Å². The van der Waals surface area contributed by atoms with Crippen LogP contribution in [0.2, 0.25) is 0 Å². The lowest BCUT2D eigenvalue weighted by atomic mass is 10.1. The van der Waals surface area contributed by atoms with Gasteiger partial charge in [0.25, 0.3) is 0 Å². The minimum absolute atomic E-state index is 0.276. The fourth-order valence-corrected chi connectivity index (χ4v) is 1.60. The molecule has 0 spiro atoms. The van der Waals surface area contributed by atoms with Gasteiger partial charge in [0.2, 0.25) is 0 Å². The molecule has 0 atom stereocenters. The van der Waals surface area contributed by atoms with Crippen molar-refractivity contribution in [3.05, 3.63) is 35.4 Å². The highest BCUT2D eigenvalue weighted by atomic mass is 16.5. The standard InChI is InChI=1S/C15H23NO3/c1-15(2,18-3)8-10-19-14(17)13-6-4-5-12(11-13)7-9-16/h4-6,11H,7-10,16H2,1-3H3. The predicted molar refractivity (Wildman–Crippen MR) is 75.2 cm³/mol. The number of esters is 1. The van der Waals surface area contributed by atoms with E-state index in [1.807, 2.05) is 32.0 Å². The van der Waals surface area contributed by atoms with Gasteiger partial charge in [0, 0.05) is 13.5 Å². The van der Waals surface area contributed by atoms with Crippen molar-refractivity contribution in [3.8, 4) is 0 Å². The van der Waals surface area contributed by atoms with E-state index >= 15 is 0 Å². The Morgan fingerprint density at radius 2 is 2.11 bits per heavy atom. The van der Waals surface area contributed by atoms with Crippen LogP contribution in [0.1, 0.15) is 36.2 Å². The summed E-state index contributed by atoms with van der Waals surface area (Å²) in [6, 6.07) is 7.39. The number of methoxy groups -OCH3 is 1. The van der Waals surface area contributed by atoms with Crippen molar-refractivity contribution in [1.29, 1.82) is 0 Å². The summed E-state index contributed by atoms with van der Waals surface area (Å²) in [5, 5.41) is 0. The summed E-state index contributed by atoms with van der Waals surface area (Å²) in [6.45, 7) is 4.84. The quantitative estimate of drug-likeness (QED) is 0.767. The van der Waals surface area contributed by atoms with Crippen molar-refractivity contribution < 1.29 is 14.3 Å². The van der Waals surface area contributed by atoms with E-state index in [9.17, 15) is 4.79 Å². The Labute approximate surface area is 114 Å². The first-order valence-corrected chi connectivity index (χ1v) is 6.50.